The molecule has 0 atom stereocenters. The molecular formula is C22H22N2O2. The molecule has 0 unspecified atom stereocenters. The fraction of sp³-hybridized carbons (Fsp3) is 0.182. The van der Waals surface area contributed by atoms with Crippen molar-refractivity contribution >= 4 is 17.9 Å². The molecule has 3 aromatic rings. The normalized spacial score (nSPS) is 11.2. The molecule has 26 heavy (non-hydrogen) atoms. The molecule has 0 aliphatic heterocycles. The number of carboxylic acid groups (broad SMARTS) is 1. The Kier molecular flexibility index (Phi) is 5.03. The summed E-state index contributed by atoms with van der Waals surface area (Å²) < 4.78 is 1.96. The summed E-state index contributed by atoms with van der Waals surface area (Å²) in [5.74, 6) is -0.931. The van der Waals surface area contributed by atoms with Crippen LogP contribution in [0.5, 0.6) is 0 Å². The number of carboxylic acids is 1. The van der Waals surface area contributed by atoms with E-state index in [2.05, 4.69) is 24.0 Å². The first-order chi connectivity index (χ1) is 12.5. The number of aliphatic imine (C=N–C) groups is 1. The van der Waals surface area contributed by atoms with Crippen molar-refractivity contribution < 1.29 is 9.90 Å². The lowest BCUT2D eigenvalue weighted by Crippen LogP contribution is -2.07. The van der Waals surface area contributed by atoms with Gasteiger partial charge < -0.3 is 9.67 Å². The third-order valence-corrected chi connectivity index (χ3v) is 4.54. The van der Waals surface area contributed by atoms with Crippen LogP contribution in [-0.2, 0) is 6.42 Å². The summed E-state index contributed by atoms with van der Waals surface area (Å²) in [5.41, 5.74) is 6.05. The highest BCUT2D eigenvalue weighted by Gasteiger charge is 2.15. The van der Waals surface area contributed by atoms with Crippen molar-refractivity contribution in [2.24, 2.45) is 4.99 Å². The molecule has 0 aliphatic carbocycles. The molecule has 1 aromatic heterocycles. The van der Waals surface area contributed by atoms with Gasteiger partial charge >= 0.3 is 5.97 Å². The minimum atomic E-state index is -0.931. The van der Waals surface area contributed by atoms with E-state index in [9.17, 15) is 9.90 Å². The molecule has 132 valence electrons. The first-order valence-corrected chi connectivity index (χ1v) is 8.66. The monoisotopic (exact) mass is 346 g/mol. The molecule has 3 rings (SSSR count). The minimum absolute atomic E-state index is 0.285. The maximum atomic E-state index is 11.5. The molecular weight excluding hydrogens is 324 g/mol. The Morgan fingerprint density at radius 2 is 1.81 bits per heavy atom. The van der Waals surface area contributed by atoms with E-state index in [1.807, 2.05) is 55.0 Å². The standard InChI is InChI=1S/C22H22N2O2/c1-4-17-9-11-19(12-10-17)23-14-18-13-15(2)24(16(18)3)21-8-6-5-7-20(21)22(25)26/h5-14H,4H2,1-3H3,(H,25,26). The van der Waals surface area contributed by atoms with Crippen molar-refractivity contribution in [2.45, 2.75) is 27.2 Å². The van der Waals surface area contributed by atoms with Gasteiger partial charge in [-0.05, 0) is 56.2 Å². The fourth-order valence-corrected chi connectivity index (χ4v) is 3.10. The number of rotatable bonds is 5. The van der Waals surface area contributed by atoms with Crippen LogP contribution in [0.1, 0.15) is 39.8 Å². The van der Waals surface area contributed by atoms with Gasteiger partial charge in [0.1, 0.15) is 0 Å². The van der Waals surface area contributed by atoms with E-state index < -0.39 is 5.97 Å². The zero-order valence-electron chi connectivity index (χ0n) is 15.2. The average Bonchev–Trinajstić information content (AvgIpc) is 2.93. The molecule has 0 amide bonds. The SMILES string of the molecule is CCc1ccc(N=Cc2cc(C)n(-c3ccccc3C(=O)O)c2C)cc1. The molecule has 1 heterocycles. The Morgan fingerprint density at radius 3 is 2.46 bits per heavy atom. The zero-order valence-corrected chi connectivity index (χ0v) is 15.2. The second-order valence-electron chi connectivity index (χ2n) is 6.26. The summed E-state index contributed by atoms with van der Waals surface area (Å²) in [5, 5.41) is 9.47. The van der Waals surface area contributed by atoms with Crippen LogP contribution in [0.4, 0.5) is 5.69 Å². The number of para-hydroxylation sites is 1. The molecule has 0 fully saturated rings. The van der Waals surface area contributed by atoms with E-state index in [-0.39, 0.29) is 5.56 Å². The van der Waals surface area contributed by atoms with Gasteiger partial charge in [0.25, 0.3) is 0 Å². The summed E-state index contributed by atoms with van der Waals surface area (Å²) in [6, 6.07) is 17.2. The molecule has 0 saturated heterocycles. The van der Waals surface area contributed by atoms with Crippen molar-refractivity contribution in [2.75, 3.05) is 0 Å². The summed E-state index contributed by atoms with van der Waals surface area (Å²) in [6.07, 6.45) is 2.84. The third kappa shape index (κ3) is 3.45. The lowest BCUT2D eigenvalue weighted by Gasteiger charge is -2.12. The van der Waals surface area contributed by atoms with Crippen molar-refractivity contribution in [3.05, 3.63) is 82.7 Å². The number of carbonyl (C=O) groups is 1. The topological polar surface area (TPSA) is 54.6 Å². The smallest absolute Gasteiger partial charge is 0.337 e. The first kappa shape index (κ1) is 17.7. The van der Waals surface area contributed by atoms with Crippen LogP contribution in [0, 0.1) is 13.8 Å². The highest BCUT2D eigenvalue weighted by Crippen LogP contribution is 2.23. The van der Waals surface area contributed by atoms with Gasteiger partial charge in [-0.2, -0.15) is 0 Å². The Labute approximate surface area is 153 Å². The molecule has 0 radical (unpaired) electrons. The summed E-state index contributed by atoms with van der Waals surface area (Å²) >= 11 is 0. The number of nitrogens with zero attached hydrogens (tertiary/aromatic N) is 2. The summed E-state index contributed by atoms with van der Waals surface area (Å²) in [4.78, 5) is 16.1. The van der Waals surface area contributed by atoms with E-state index in [1.165, 1.54) is 5.56 Å². The third-order valence-electron chi connectivity index (χ3n) is 4.54. The fourth-order valence-electron chi connectivity index (χ4n) is 3.10. The van der Waals surface area contributed by atoms with Gasteiger partial charge in [0.2, 0.25) is 0 Å². The molecule has 4 nitrogen and oxygen atoms in total. The van der Waals surface area contributed by atoms with E-state index in [1.54, 1.807) is 12.1 Å². The van der Waals surface area contributed by atoms with Gasteiger partial charge in [0.05, 0.1) is 16.9 Å². The zero-order chi connectivity index (χ0) is 18.7. The van der Waals surface area contributed by atoms with Crippen LogP contribution >= 0.6 is 0 Å². The predicted molar refractivity (Wildman–Crippen MR) is 105 cm³/mol. The van der Waals surface area contributed by atoms with Crippen LogP contribution in [0.2, 0.25) is 0 Å². The maximum Gasteiger partial charge on any atom is 0.337 e. The Morgan fingerprint density at radius 1 is 1.12 bits per heavy atom. The second kappa shape index (κ2) is 7.40. The number of aryl methyl sites for hydroxylation is 2. The number of hydrogen-bond donors (Lipinski definition) is 1. The minimum Gasteiger partial charge on any atom is -0.478 e. The van der Waals surface area contributed by atoms with Crippen LogP contribution in [-0.4, -0.2) is 21.9 Å². The van der Waals surface area contributed by atoms with Gasteiger partial charge in [-0.3, -0.25) is 4.99 Å². The molecule has 0 bridgehead atoms. The van der Waals surface area contributed by atoms with Crippen molar-refractivity contribution in [1.82, 2.24) is 4.57 Å². The van der Waals surface area contributed by atoms with E-state index in [0.29, 0.717) is 5.69 Å². The second-order valence-corrected chi connectivity index (χ2v) is 6.26. The highest BCUT2D eigenvalue weighted by atomic mass is 16.4. The quantitative estimate of drug-likeness (QED) is 0.653. The van der Waals surface area contributed by atoms with E-state index in [0.717, 1.165) is 29.1 Å². The molecule has 4 heteroatoms. The number of benzene rings is 2. The summed E-state index contributed by atoms with van der Waals surface area (Å²) in [6.45, 7) is 6.08. The van der Waals surface area contributed by atoms with Crippen LogP contribution in [0.15, 0.2) is 59.6 Å². The van der Waals surface area contributed by atoms with Gasteiger partial charge in [0, 0.05) is 23.2 Å². The lowest BCUT2D eigenvalue weighted by atomic mass is 10.1. The van der Waals surface area contributed by atoms with E-state index in [4.69, 9.17) is 0 Å². The van der Waals surface area contributed by atoms with Gasteiger partial charge in [-0.15, -0.1) is 0 Å². The largest absolute Gasteiger partial charge is 0.478 e. The molecule has 2 aromatic carbocycles. The first-order valence-electron chi connectivity index (χ1n) is 8.66. The molecule has 1 N–H and O–H groups in total. The number of hydrogen-bond acceptors (Lipinski definition) is 2. The molecule has 0 aliphatic rings. The van der Waals surface area contributed by atoms with Gasteiger partial charge in [-0.1, -0.05) is 31.2 Å². The van der Waals surface area contributed by atoms with Gasteiger partial charge in [-0.25, -0.2) is 4.79 Å². The number of aromatic carboxylic acids is 1. The van der Waals surface area contributed by atoms with Crippen LogP contribution in [0.25, 0.3) is 5.69 Å². The summed E-state index contributed by atoms with van der Waals surface area (Å²) in [7, 11) is 0. The van der Waals surface area contributed by atoms with Crippen molar-refractivity contribution in [1.29, 1.82) is 0 Å². The van der Waals surface area contributed by atoms with E-state index >= 15 is 0 Å². The average molecular weight is 346 g/mol. The van der Waals surface area contributed by atoms with Crippen molar-refractivity contribution in [3.63, 3.8) is 0 Å². The lowest BCUT2D eigenvalue weighted by molar-refractivity contribution is 0.0697. The molecule has 0 spiro atoms. The number of aromatic nitrogens is 1. The maximum absolute atomic E-state index is 11.5. The Bertz CT molecular complexity index is 966. The van der Waals surface area contributed by atoms with Crippen molar-refractivity contribution in [3.8, 4) is 5.69 Å². The predicted octanol–water partition coefficient (Wildman–Crippen LogP) is 5.11. The van der Waals surface area contributed by atoms with Crippen LogP contribution in [0.3, 0.4) is 0 Å². The van der Waals surface area contributed by atoms with Crippen LogP contribution < -0.4 is 0 Å². The highest BCUT2D eigenvalue weighted by molar-refractivity contribution is 5.92. The Balaban J connectivity index is 1.98. The van der Waals surface area contributed by atoms with Gasteiger partial charge in [0.15, 0.2) is 0 Å². The molecule has 0 saturated carbocycles. The Hall–Kier alpha value is -3.14.